The molecule has 6 heteroatoms. The Morgan fingerprint density at radius 2 is 0.636 bits per heavy atom. The van der Waals surface area contributed by atoms with Crippen LogP contribution in [0.1, 0.15) is 0 Å². The first-order valence-electron chi connectivity index (χ1n) is 25.7. The van der Waals surface area contributed by atoms with E-state index in [1.807, 2.05) is 66.7 Å². The molecule has 0 radical (unpaired) electrons. The van der Waals surface area contributed by atoms with Crippen molar-refractivity contribution in [3.8, 4) is 61.8 Å². The Kier molecular flexibility index (Phi) is 12.2. The Bertz CT molecular complexity index is 4120. The van der Waals surface area contributed by atoms with Crippen molar-refractivity contribution in [2.75, 3.05) is 9.80 Å². The monoisotopic (exact) mass is 984 g/mol. The summed E-state index contributed by atoms with van der Waals surface area (Å²) < 4.78 is 2.38. The first-order valence-corrected chi connectivity index (χ1v) is 25.7. The smallest absolute Gasteiger partial charge is 0.187 e. The molecule has 2 heterocycles. The molecule has 0 unspecified atom stereocenters. The highest BCUT2D eigenvalue weighted by Gasteiger charge is 2.21. The van der Waals surface area contributed by atoms with Gasteiger partial charge >= 0.3 is 0 Å². The van der Waals surface area contributed by atoms with Crippen LogP contribution in [0.15, 0.2) is 291 Å². The van der Waals surface area contributed by atoms with Gasteiger partial charge in [-0.15, -0.1) is 0 Å². The number of hydrogen-bond donors (Lipinski definition) is 0. The molecule has 0 fully saturated rings. The minimum Gasteiger partial charge on any atom is -0.311 e. The van der Waals surface area contributed by atoms with Gasteiger partial charge in [0.1, 0.15) is 0 Å². The highest BCUT2D eigenvalue weighted by Crippen LogP contribution is 2.43. The molecule has 0 saturated carbocycles. The van der Waals surface area contributed by atoms with E-state index >= 15 is 0 Å². The van der Waals surface area contributed by atoms with Crippen molar-refractivity contribution in [3.05, 3.63) is 303 Å². The van der Waals surface area contributed by atoms with Gasteiger partial charge in [-0.25, -0.2) is 14.8 Å². The number of aromatic nitrogens is 3. The molecule has 0 spiro atoms. The zero-order valence-corrected chi connectivity index (χ0v) is 41.9. The van der Waals surface area contributed by atoms with E-state index in [0.717, 1.165) is 112 Å². The largest absolute Gasteiger partial charge is 0.311 e. The molecule has 2 aromatic heterocycles. The van der Waals surface area contributed by atoms with Crippen molar-refractivity contribution in [2.45, 2.75) is 0 Å². The van der Waals surface area contributed by atoms with Gasteiger partial charge < -0.3 is 14.4 Å². The third-order valence-electron chi connectivity index (χ3n) is 14.2. The van der Waals surface area contributed by atoms with Crippen molar-refractivity contribution in [3.63, 3.8) is 0 Å². The van der Waals surface area contributed by atoms with Gasteiger partial charge in [-0.05, 0) is 125 Å². The average molecular weight is 985 g/mol. The molecule has 362 valence electrons. The Labute approximate surface area is 448 Å². The molecule has 13 aromatic rings. The third kappa shape index (κ3) is 9.16. The fraction of sp³-hybridized carbons (Fsp3) is 0. The highest BCUT2D eigenvalue weighted by molar-refractivity contribution is 6.12. The summed E-state index contributed by atoms with van der Waals surface area (Å²) in [6.07, 6.45) is 0. The first-order chi connectivity index (χ1) is 38.1. The fourth-order valence-corrected chi connectivity index (χ4v) is 10.4. The minimum atomic E-state index is 0.607. The van der Waals surface area contributed by atoms with Crippen LogP contribution in [0, 0.1) is 6.57 Å². The molecule has 0 aliphatic carbocycles. The second-order valence-corrected chi connectivity index (χ2v) is 18.9. The lowest BCUT2D eigenvalue weighted by Gasteiger charge is -2.26. The maximum atomic E-state index is 7.61. The predicted molar refractivity (Wildman–Crippen MR) is 319 cm³/mol. The second kappa shape index (κ2) is 20.4. The van der Waals surface area contributed by atoms with Crippen molar-refractivity contribution in [1.82, 2.24) is 14.5 Å². The van der Waals surface area contributed by atoms with Gasteiger partial charge in [0, 0.05) is 67.3 Å². The van der Waals surface area contributed by atoms with Gasteiger partial charge in [0.2, 0.25) is 0 Å². The molecule has 0 saturated heterocycles. The summed E-state index contributed by atoms with van der Waals surface area (Å²) in [7, 11) is 0. The van der Waals surface area contributed by atoms with Gasteiger partial charge in [0.15, 0.2) is 11.5 Å². The van der Waals surface area contributed by atoms with Crippen LogP contribution in [0.5, 0.6) is 0 Å². The SMILES string of the molecule is [C-]#[N+]c1ccc(N(c2ccccc2)c2ccc3c(c2)c2cc(N(c4ccccc4)c4ccccc4)ccc2n3-c2ccc(-c3ccc(-c4ccc(-c5cc(-c6ccccc6)nc(-c6ccccc6)n5)cc4)cc3)cc2)cc1. The Morgan fingerprint density at radius 3 is 1.05 bits per heavy atom. The van der Waals surface area contributed by atoms with Crippen molar-refractivity contribution >= 4 is 61.6 Å². The maximum Gasteiger partial charge on any atom is 0.187 e. The Hall–Kier alpha value is -10.6. The number of rotatable bonds is 12. The van der Waals surface area contributed by atoms with E-state index in [1.54, 1.807) is 0 Å². The Morgan fingerprint density at radius 1 is 0.299 bits per heavy atom. The Balaban J connectivity index is 0.850. The van der Waals surface area contributed by atoms with Crippen LogP contribution in [0.4, 0.5) is 39.8 Å². The second-order valence-electron chi connectivity index (χ2n) is 18.9. The fourth-order valence-electron chi connectivity index (χ4n) is 10.4. The topological polar surface area (TPSA) is 41.5 Å². The van der Waals surface area contributed by atoms with Gasteiger partial charge in [-0.2, -0.15) is 0 Å². The predicted octanol–water partition coefficient (Wildman–Crippen LogP) is 19.4. The van der Waals surface area contributed by atoms with E-state index in [4.69, 9.17) is 16.5 Å². The lowest BCUT2D eigenvalue weighted by Crippen LogP contribution is -2.09. The van der Waals surface area contributed by atoms with Crippen molar-refractivity contribution < 1.29 is 0 Å². The number of hydrogen-bond acceptors (Lipinski definition) is 4. The molecule has 0 atom stereocenters. The summed E-state index contributed by atoms with van der Waals surface area (Å²) in [6, 6.07) is 102. The molecule has 77 heavy (non-hydrogen) atoms. The van der Waals surface area contributed by atoms with Crippen LogP contribution in [-0.2, 0) is 0 Å². The van der Waals surface area contributed by atoms with E-state index in [9.17, 15) is 0 Å². The normalized spacial score (nSPS) is 11.1. The molecular weight excluding hydrogens is 937 g/mol. The van der Waals surface area contributed by atoms with Crippen LogP contribution in [0.2, 0.25) is 0 Å². The van der Waals surface area contributed by atoms with Crippen molar-refractivity contribution in [1.29, 1.82) is 0 Å². The molecule has 13 rings (SSSR count). The zero-order chi connectivity index (χ0) is 51.5. The molecule has 0 bridgehead atoms. The quantitative estimate of drug-likeness (QED) is 0.114. The summed E-state index contributed by atoms with van der Waals surface area (Å²) in [5, 5.41) is 2.25. The summed E-state index contributed by atoms with van der Waals surface area (Å²) in [4.78, 5) is 18.3. The zero-order valence-electron chi connectivity index (χ0n) is 41.9. The standard InChI is InChI=1S/C71H48N6/c1-72-57-37-41-61(42-38-57)76(60-25-15-6-16-26-60)64-44-46-70-66(48-64)65-47-63(75(58-21-11-4-12-22-58)59-23-13-5-14-24-59)43-45-69(65)77(70)62-39-35-53(36-40-62)51-29-27-50(28-30-51)52-31-33-55(34-32-52)68-49-67(54-17-7-2-8-18-54)73-71(74-68)56-19-9-3-10-20-56/h2-49H. The van der Waals surface area contributed by atoms with Gasteiger partial charge in [-0.3, -0.25) is 0 Å². The van der Waals surface area contributed by atoms with Crippen LogP contribution in [0.3, 0.4) is 0 Å². The molecule has 11 aromatic carbocycles. The lowest BCUT2D eigenvalue weighted by atomic mass is 9.98. The van der Waals surface area contributed by atoms with E-state index < -0.39 is 0 Å². The molecule has 0 aliphatic rings. The summed E-state index contributed by atoms with van der Waals surface area (Å²) >= 11 is 0. The summed E-state index contributed by atoms with van der Waals surface area (Å²) in [5.41, 5.74) is 19.5. The van der Waals surface area contributed by atoms with E-state index in [-0.39, 0.29) is 0 Å². The van der Waals surface area contributed by atoms with Crippen LogP contribution >= 0.6 is 0 Å². The first kappa shape index (κ1) is 46.2. The van der Waals surface area contributed by atoms with Crippen LogP contribution in [0.25, 0.3) is 88.5 Å². The van der Waals surface area contributed by atoms with E-state index in [1.165, 1.54) is 0 Å². The van der Waals surface area contributed by atoms with Crippen LogP contribution in [-0.4, -0.2) is 14.5 Å². The number of fused-ring (bicyclic) bond motifs is 3. The minimum absolute atomic E-state index is 0.607. The third-order valence-corrected chi connectivity index (χ3v) is 14.2. The van der Waals surface area contributed by atoms with Gasteiger partial charge in [0.25, 0.3) is 0 Å². The van der Waals surface area contributed by atoms with Crippen LogP contribution < -0.4 is 9.80 Å². The van der Waals surface area contributed by atoms with Gasteiger partial charge in [0.05, 0.1) is 29.0 Å². The van der Waals surface area contributed by atoms with Crippen molar-refractivity contribution in [2.24, 2.45) is 0 Å². The molecular formula is C71H48N6. The summed E-state index contributed by atoms with van der Waals surface area (Å²) in [5.74, 6) is 0.704. The number of nitrogens with zero attached hydrogens (tertiary/aromatic N) is 6. The highest BCUT2D eigenvalue weighted by atomic mass is 15.1. The molecule has 0 N–H and O–H groups in total. The number of benzene rings is 11. The lowest BCUT2D eigenvalue weighted by molar-refractivity contribution is 1.18. The average Bonchev–Trinajstić information content (AvgIpc) is 3.93. The summed E-state index contributed by atoms with van der Waals surface area (Å²) in [6.45, 7) is 7.61. The molecule has 0 aliphatic heterocycles. The molecule has 0 amide bonds. The number of para-hydroxylation sites is 3. The number of anilines is 6. The van der Waals surface area contributed by atoms with E-state index in [0.29, 0.717) is 11.5 Å². The van der Waals surface area contributed by atoms with Gasteiger partial charge in [-0.1, -0.05) is 188 Å². The van der Waals surface area contributed by atoms with E-state index in [2.05, 4.69) is 244 Å². The molecule has 6 nitrogen and oxygen atoms in total. The maximum absolute atomic E-state index is 7.61.